The number of hydrogen-bond acceptors (Lipinski definition) is 6. The second kappa shape index (κ2) is 13.4. The third-order valence-electron chi connectivity index (χ3n) is 6.98. The van der Waals surface area contributed by atoms with Crippen LogP contribution in [-0.4, -0.2) is 74.0 Å². The van der Waals surface area contributed by atoms with Gasteiger partial charge in [-0.05, 0) is 54.4 Å². The van der Waals surface area contributed by atoms with E-state index in [2.05, 4.69) is 4.90 Å². The standard InChI is InChI=1S/C30H32Cl2FN3O5/c1-19-13-27(39-3)28(40-4)14-21(19)18-35-9-11-36(12-10-35)30(38)29(37)34(2)17-20-5-6-22(31)15-26(20)41-23-7-8-25(33)24(32)16-23/h5-8,13-16H,9-12,17-18H2,1-4H3. The van der Waals surface area contributed by atoms with Crippen LogP contribution >= 0.6 is 23.2 Å². The minimum absolute atomic E-state index is 0.0806. The molecule has 3 aromatic carbocycles. The number of hydrogen-bond donors (Lipinski definition) is 0. The van der Waals surface area contributed by atoms with Gasteiger partial charge >= 0.3 is 11.8 Å². The van der Waals surface area contributed by atoms with Crippen molar-refractivity contribution in [2.45, 2.75) is 20.0 Å². The van der Waals surface area contributed by atoms with Crippen LogP contribution in [0.2, 0.25) is 10.0 Å². The lowest BCUT2D eigenvalue weighted by atomic mass is 10.1. The third kappa shape index (κ3) is 7.41. The van der Waals surface area contributed by atoms with Crippen molar-refractivity contribution in [2.75, 3.05) is 47.4 Å². The molecule has 11 heteroatoms. The van der Waals surface area contributed by atoms with E-state index in [9.17, 15) is 14.0 Å². The number of methoxy groups -OCH3 is 2. The van der Waals surface area contributed by atoms with Gasteiger partial charge in [-0.3, -0.25) is 14.5 Å². The highest BCUT2D eigenvalue weighted by molar-refractivity contribution is 6.34. The van der Waals surface area contributed by atoms with Gasteiger partial charge in [0.25, 0.3) is 0 Å². The van der Waals surface area contributed by atoms with Gasteiger partial charge in [0, 0.05) is 63.0 Å². The van der Waals surface area contributed by atoms with Crippen LogP contribution in [0.1, 0.15) is 16.7 Å². The lowest BCUT2D eigenvalue weighted by molar-refractivity contribution is -0.152. The summed E-state index contributed by atoms with van der Waals surface area (Å²) in [7, 11) is 4.78. The van der Waals surface area contributed by atoms with Crippen LogP contribution in [0.4, 0.5) is 4.39 Å². The Balaban J connectivity index is 1.36. The summed E-state index contributed by atoms with van der Waals surface area (Å²) in [6.45, 7) is 4.96. The number of benzene rings is 3. The Labute approximate surface area is 249 Å². The average molecular weight is 605 g/mol. The summed E-state index contributed by atoms with van der Waals surface area (Å²) in [6.07, 6.45) is 0. The minimum atomic E-state index is -0.625. The molecule has 0 unspecified atom stereocenters. The summed E-state index contributed by atoms with van der Waals surface area (Å²) in [5.74, 6) is 0.287. The molecule has 2 amide bonds. The zero-order chi connectivity index (χ0) is 29.7. The second-order valence-corrected chi connectivity index (χ2v) is 10.6. The predicted molar refractivity (Wildman–Crippen MR) is 156 cm³/mol. The van der Waals surface area contributed by atoms with Crippen LogP contribution < -0.4 is 14.2 Å². The van der Waals surface area contributed by atoms with Crippen LogP contribution in [0.15, 0.2) is 48.5 Å². The highest BCUT2D eigenvalue weighted by atomic mass is 35.5. The summed E-state index contributed by atoms with van der Waals surface area (Å²) < 4.78 is 30.3. The first-order valence-electron chi connectivity index (χ1n) is 13.0. The van der Waals surface area contributed by atoms with Crippen molar-refractivity contribution >= 4 is 35.0 Å². The number of piperazine rings is 1. The van der Waals surface area contributed by atoms with Gasteiger partial charge in [-0.1, -0.05) is 29.3 Å². The Morgan fingerprint density at radius 3 is 2.24 bits per heavy atom. The van der Waals surface area contributed by atoms with Crippen molar-refractivity contribution in [1.82, 2.24) is 14.7 Å². The average Bonchev–Trinajstić information content (AvgIpc) is 2.96. The van der Waals surface area contributed by atoms with Gasteiger partial charge in [0.15, 0.2) is 11.5 Å². The number of likely N-dealkylation sites (N-methyl/N-ethyl adjacent to an activating group) is 1. The van der Waals surface area contributed by atoms with E-state index in [1.54, 1.807) is 44.4 Å². The summed E-state index contributed by atoms with van der Waals surface area (Å²) in [4.78, 5) is 31.3. The molecule has 4 rings (SSSR count). The summed E-state index contributed by atoms with van der Waals surface area (Å²) in [5.41, 5.74) is 2.82. The number of amides is 2. The fraction of sp³-hybridized carbons (Fsp3) is 0.333. The fourth-order valence-electron chi connectivity index (χ4n) is 4.59. The molecule has 0 radical (unpaired) electrons. The highest BCUT2D eigenvalue weighted by Crippen LogP contribution is 2.32. The SMILES string of the molecule is COc1cc(C)c(CN2CCN(C(=O)C(=O)N(C)Cc3ccc(Cl)cc3Oc3ccc(F)c(Cl)c3)CC2)cc1OC. The van der Waals surface area contributed by atoms with Crippen molar-refractivity contribution in [3.05, 3.63) is 81.1 Å². The fourth-order valence-corrected chi connectivity index (χ4v) is 4.92. The Kier molecular flexibility index (Phi) is 9.96. The molecule has 41 heavy (non-hydrogen) atoms. The largest absolute Gasteiger partial charge is 0.493 e. The molecular weight excluding hydrogens is 572 g/mol. The number of aryl methyl sites for hydroxylation is 1. The number of halogens is 3. The van der Waals surface area contributed by atoms with Gasteiger partial charge in [-0.15, -0.1) is 0 Å². The number of rotatable bonds is 8. The van der Waals surface area contributed by atoms with Gasteiger partial charge in [0.05, 0.1) is 19.2 Å². The van der Waals surface area contributed by atoms with Crippen LogP contribution in [0.5, 0.6) is 23.0 Å². The summed E-state index contributed by atoms with van der Waals surface area (Å²) in [5, 5.41) is 0.339. The van der Waals surface area contributed by atoms with Crippen LogP contribution in [0, 0.1) is 12.7 Å². The van der Waals surface area contributed by atoms with E-state index in [1.807, 2.05) is 19.1 Å². The van der Waals surface area contributed by atoms with Crippen molar-refractivity contribution in [3.8, 4) is 23.0 Å². The minimum Gasteiger partial charge on any atom is -0.493 e. The Morgan fingerprint density at radius 1 is 0.902 bits per heavy atom. The number of ether oxygens (including phenoxy) is 3. The maximum Gasteiger partial charge on any atom is 0.312 e. The van der Waals surface area contributed by atoms with Gasteiger partial charge in [0.2, 0.25) is 0 Å². The van der Waals surface area contributed by atoms with E-state index in [0.717, 1.165) is 11.1 Å². The zero-order valence-electron chi connectivity index (χ0n) is 23.4. The molecule has 1 aliphatic heterocycles. The second-order valence-electron chi connectivity index (χ2n) is 9.79. The molecule has 0 spiro atoms. The molecule has 0 N–H and O–H groups in total. The van der Waals surface area contributed by atoms with Gasteiger partial charge in [0.1, 0.15) is 17.3 Å². The highest BCUT2D eigenvalue weighted by Gasteiger charge is 2.29. The molecule has 0 atom stereocenters. The first-order valence-corrected chi connectivity index (χ1v) is 13.7. The van der Waals surface area contributed by atoms with E-state index in [-0.39, 0.29) is 11.6 Å². The Bertz CT molecular complexity index is 1430. The van der Waals surface area contributed by atoms with Crippen LogP contribution in [0.3, 0.4) is 0 Å². The lowest BCUT2D eigenvalue weighted by Crippen LogP contribution is -2.52. The summed E-state index contributed by atoms with van der Waals surface area (Å²) in [6, 6.07) is 12.9. The van der Waals surface area contributed by atoms with Crippen molar-refractivity contribution in [2.24, 2.45) is 0 Å². The maximum atomic E-state index is 13.6. The van der Waals surface area contributed by atoms with Gasteiger partial charge in [-0.25, -0.2) is 4.39 Å². The maximum absolute atomic E-state index is 13.6. The first kappa shape index (κ1) is 30.4. The molecule has 8 nitrogen and oxygen atoms in total. The predicted octanol–water partition coefficient (Wildman–Crippen LogP) is 5.55. The monoisotopic (exact) mass is 603 g/mol. The topological polar surface area (TPSA) is 71.6 Å². The van der Waals surface area contributed by atoms with E-state index >= 15 is 0 Å². The number of carbonyl (C=O) groups is 2. The van der Waals surface area contributed by atoms with E-state index in [4.69, 9.17) is 37.4 Å². The molecule has 0 aliphatic carbocycles. The molecular formula is C30H32Cl2FN3O5. The molecule has 218 valence electrons. The van der Waals surface area contributed by atoms with Gasteiger partial charge in [-0.2, -0.15) is 0 Å². The number of carbonyl (C=O) groups excluding carboxylic acids is 2. The van der Waals surface area contributed by atoms with Crippen LogP contribution in [0.25, 0.3) is 0 Å². The zero-order valence-corrected chi connectivity index (χ0v) is 24.9. The third-order valence-corrected chi connectivity index (χ3v) is 7.51. The van der Waals surface area contributed by atoms with Crippen molar-refractivity contribution in [1.29, 1.82) is 0 Å². The van der Waals surface area contributed by atoms with E-state index in [1.165, 1.54) is 23.1 Å². The molecule has 1 heterocycles. The smallest absolute Gasteiger partial charge is 0.312 e. The van der Waals surface area contributed by atoms with E-state index in [0.29, 0.717) is 66.3 Å². The normalized spacial score (nSPS) is 13.6. The summed E-state index contributed by atoms with van der Waals surface area (Å²) >= 11 is 12.0. The molecule has 0 bridgehead atoms. The Hall–Kier alpha value is -3.53. The molecule has 0 aromatic heterocycles. The van der Waals surface area contributed by atoms with Crippen molar-refractivity contribution < 1.29 is 28.2 Å². The quantitative estimate of drug-likeness (QED) is 0.314. The van der Waals surface area contributed by atoms with Gasteiger partial charge < -0.3 is 24.0 Å². The molecule has 0 saturated carbocycles. The molecule has 3 aromatic rings. The van der Waals surface area contributed by atoms with E-state index < -0.39 is 17.6 Å². The first-order chi connectivity index (χ1) is 19.6. The van der Waals surface area contributed by atoms with Crippen molar-refractivity contribution in [3.63, 3.8) is 0 Å². The molecule has 1 saturated heterocycles. The Morgan fingerprint density at radius 2 is 1.59 bits per heavy atom. The van der Waals surface area contributed by atoms with Crippen LogP contribution in [-0.2, 0) is 22.7 Å². The molecule has 1 fully saturated rings. The number of nitrogens with zero attached hydrogens (tertiary/aromatic N) is 3. The molecule has 1 aliphatic rings. The lowest BCUT2D eigenvalue weighted by Gasteiger charge is -2.35.